The maximum Gasteiger partial charge on any atom is 0.244 e. The molecule has 128 valence electrons. The van der Waals surface area contributed by atoms with Crippen molar-refractivity contribution in [2.45, 2.75) is 45.9 Å². The lowest BCUT2D eigenvalue weighted by Gasteiger charge is -2.15. The zero-order chi connectivity index (χ0) is 17.1. The molecule has 0 fully saturated rings. The van der Waals surface area contributed by atoms with Crippen molar-refractivity contribution in [2.75, 3.05) is 6.61 Å². The number of ether oxygens (including phenoxy) is 2. The van der Waals surface area contributed by atoms with E-state index >= 15 is 0 Å². The first-order valence-corrected chi connectivity index (χ1v) is 8.30. The SMILES string of the molecule is CCOc1cc2c(cc1CNC(=O)[C@H](C)n1cccn1)O[C@H](C)C2. The van der Waals surface area contributed by atoms with Crippen molar-refractivity contribution in [3.63, 3.8) is 0 Å². The maximum absolute atomic E-state index is 12.3. The number of amides is 1. The summed E-state index contributed by atoms with van der Waals surface area (Å²) >= 11 is 0. The molecule has 0 aliphatic carbocycles. The van der Waals surface area contributed by atoms with Crippen LogP contribution in [-0.4, -0.2) is 28.4 Å². The fourth-order valence-electron chi connectivity index (χ4n) is 2.87. The number of nitrogens with zero attached hydrogens (tertiary/aromatic N) is 2. The van der Waals surface area contributed by atoms with Gasteiger partial charge in [0.25, 0.3) is 0 Å². The molecule has 0 radical (unpaired) electrons. The second kappa shape index (κ2) is 6.95. The average molecular weight is 329 g/mol. The Hall–Kier alpha value is -2.50. The summed E-state index contributed by atoms with van der Waals surface area (Å²) in [6.07, 6.45) is 4.51. The Morgan fingerprint density at radius 3 is 3.08 bits per heavy atom. The topological polar surface area (TPSA) is 65.4 Å². The summed E-state index contributed by atoms with van der Waals surface area (Å²) in [6, 6.07) is 5.45. The van der Waals surface area contributed by atoms with Gasteiger partial charge in [-0.2, -0.15) is 5.10 Å². The zero-order valence-corrected chi connectivity index (χ0v) is 14.3. The second-order valence-corrected chi connectivity index (χ2v) is 6.01. The van der Waals surface area contributed by atoms with Crippen LogP contribution < -0.4 is 14.8 Å². The summed E-state index contributed by atoms with van der Waals surface area (Å²) in [5.74, 6) is 1.60. The van der Waals surface area contributed by atoms with Crippen LogP contribution in [0.3, 0.4) is 0 Å². The van der Waals surface area contributed by atoms with Crippen LogP contribution >= 0.6 is 0 Å². The molecule has 2 aromatic rings. The van der Waals surface area contributed by atoms with Gasteiger partial charge < -0.3 is 14.8 Å². The van der Waals surface area contributed by atoms with E-state index in [1.807, 2.05) is 32.9 Å². The van der Waals surface area contributed by atoms with Gasteiger partial charge in [0.05, 0.1) is 6.61 Å². The predicted molar refractivity (Wildman–Crippen MR) is 90.2 cm³/mol. The highest BCUT2D eigenvalue weighted by atomic mass is 16.5. The molecule has 6 heteroatoms. The van der Waals surface area contributed by atoms with Crippen LogP contribution in [0.15, 0.2) is 30.6 Å². The molecule has 3 rings (SSSR count). The molecule has 2 atom stereocenters. The van der Waals surface area contributed by atoms with Gasteiger partial charge >= 0.3 is 0 Å². The van der Waals surface area contributed by atoms with Gasteiger partial charge in [-0.3, -0.25) is 9.48 Å². The van der Waals surface area contributed by atoms with Gasteiger partial charge in [-0.15, -0.1) is 0 Å². The number of nitrogens with one attached hydrogen (secondary N) is 1. The summed E-state index contributed by atoms with van der Waals surface area (Å²) in [5, 5.41) is 7.06. The highest BCUT2D eigenvalue weighted by molar-refractivity contribution is 5.79. The third-order valence-electron chi connectivity index (χ3n) is 4.13. The summed E-state index contributed by atoms with van der Waals surface area (Å²) < 4.78 is 13.2. The summed E-state index contributed by atoms with van der Waals surface area (Å²) in [6.45, 7) is 6.80. The van der Waals surface area contributed by atoms with Crippen LogP contribution in [0.2, 0.25) is 0 Å². The molecule has 6 nitrogen and oxygen atoms in total. The molecule has 1 aliphatic rings. The lowest BCUT2D eigenvalue weighted by atomic mass is 10.1. The molecule has 0 unspecified atom stereocenters. The van der Waals surface area contributed by atoms with Gasteiger partial charge in [-0.25, -0.2) is 0 Å². The highest BCUT2D eigenvalue weighted by Crippen LogP contribution is 2.35. The number of rotatable bonds is 6. The van der Waals surface area contributed by atoms with Crippen LogP contribution in [0.4, 0.5) is 0 Å². The van der Waals surface area contributed by atoms with E-state index in [2.05, 4.69) is 10.4 Å². The van der Waals surface area contributed by atoms with Crippen molar-refractivity contribution in [1.82, 2.24) is 15.1 Å². The van der Waals surface area contributed by atoms with Crippen molar-refractivity contribution in [1.29, 1.82) is 0 Å². The van der Waals surface area contributed by atoms with Crippen LogP contribution in [0.5, 0.6) is 11.5 Å². The fraction of sp³-hybridized carbons (Fsp3) is 0.444. The van der Waals surface area contributed by atoms with E-state index in [9.17, 15) is 4.79 Å². The Labute approximate surface area is 141 Å². The van der Waals surface area contributed by atoms with Crippen molar-refractivity contribution in [2.24, 2.45) is 0 Å². The quantitative estimate of drug-likeness (QED) is 0.884. The number of aromatic nitrogens is 2. The van der Waals surface area contributed by atoms with Crippen molar-refractivity contribution in [3.8, 4) is 11.5 Å². The van der Waals surface area contributed by atoms with Crippen LogP contribution in [0, 0.1) is 0 Å². The molecular weight excluding hydrogens is 306 g/mol. The fourth-order valence-corrected chi connectivity index (χ4v) is 2.87. The molecule has 0 saturated carbocycles. The Kier molecular flexibility index (Phi) is 4.74. The zero-order valence-electron chi connectivity index (χ0n) is 14.3. The van der Waals surface area contributed by atoms with Crippen molar-refractivity contribution in [3.05, 3.63) is 41.7 Å². The lowest BCUT2D eigenvalue weighted by Crippen LogP contribution is -2.31. The summed E-state index contributed by atoms with van der Waals surface area (Å²) in [7, 11) is 0. The Bertz CT molecular complexity index is 713. The largest absolute Gasteiger partial charge is 0.494 e. The maximum atomic E-state index is 12.3. The Morgan fingerprint density at radius 2 is 2.38 bits per heavy atom. The Morgan fingerprint density at radius 1 is 1.54 bits per heavy atom. The number of carbonyl (C=O) groups is 1. The monoisotopic (exact) mass is 329 g/mol. The molecule has 1 aliphatic heterocycles. The first-order valence-electron chi connectivity index (χ1n) is 8.30. The number of hydrogen-bond acceptors (Lipinski definition) is 4. The Balaban J connectivity index is 1.72. The summed E-state index contributed by atoms with van der Waals surface area (Å²) in [4.78, 5) is 12.3. The molecule has 1 aromatic carbocycles. The molecule has 1 amide bonds. The predicted octanol–water partition coefficient (Wildman–Crippen LogP) is 2.48. The number of hydrogen-bond donors (Lipinski definition) is 1. The first-order chi connectivity index (χ1) is 11.6. The third-order valence-corrected chi connectivity index (χ3v) is 4.13. The first kappa shape index (κ1) is 16.4. The number of fused-ring (bicyclic) bond motifs is 1. The molecule has 1 N–H and O–H groups in total. The van der Waals surface area contributed by atoms with Gasteiger partial charge in [0.1, 0.15) is 23.6 Å². The van der Waals surface area contributed by atoms with E-state index < -0.39 is 0 Å². The van der Waals surface area contributed by atoms with E-state index in [1.165, 1.54) is 0 Å². The van der Waals surface area contributed by atoms with Crippen molar-refractivity contribution >= 4 is 5.91 Å². The summed E-state index contributed by atoms with van der Waals surface area (Å²) in [5.41, 5.74) is 2.08. The van der Waals surface area contributed by atoms with E-state index in [0.29, 0.717) is 13.2 Å². The van der Waals surface area contributed by atoms with E-state index in [1.54, 1.807) is 23.1 Å². The molecular formula is C18H23N3O3. The molecule has 24 heavy (non-hydrogen) atoms. The molecule has 0 bridgehead atoms. The van der Waals surface area contributed by atoms with Gasteiger partial charge in [0.15, 0.2) is 0 Å². The van der Waals surface area contributed by atoms with Gasteiger partial charge in [0, 0.05) is 36.5 Å². The van der Waals surface area contributed by atoms with Gasteiger partial charge in [0.2, 0.25) is 5.91 Å². The normalized spacial score (nSPS) is 17.0. The van der Waals surface area contributed by atoms with Gasteiger partial charge in [-0.1, -0.05) is 0 Å². The molecule has 0 saturated heterocycles. The van der Waals surface area contributed by atoms with E-state index in [0.717, 1.165) is 29.0 Å². The van der Waals surface area contributed by atoms with Crippen LogP contribution in [-0.2, 0) is 17.8 Å². The van der Waals surface area contributed by atoms with Gasteiger partial charge in [-0.05, 0) is 39.0 Å². The third kappa shape index (κ3) is 3.37. The number of carbonyl (C=O) groups excluding carboxylic acids is 1. The minimum Gasteiger partial charge on any atom is -0.494 e. The standard InChI is InChI=1S/C18H23N3O3/c1-4-23-16-9-14-8-12(2)24-17(14)10-15(16)11-19-18(22)13(3)21-7-5-6-20-21/h5-7,9-10,12-13H,4,8,11H2,1-3H3,(H,19,22)/t12-,13+/m1/s1. The van der Waals surface area contributed by atoms with E-state index in [-0.39, 0.29) is 18.1 Å². The minimum absolute atomic E-state index is 0.0871. The number of benzene rings is 1. The highest BCUT2D eigenvalue weighted by Gasteiger charge is 2.22. The molecule has 0 spiro atoms. The van der Waals surface area contributed by atoms with Crippen LogP contribution in [0.25, 0.3) is 0 Å². The average Bonchev–Trinajstić information content (AvgIpc) is 3.20. The second-order valence-electron chi connectivity index (χ2n) is 6.01. The molecule has 1 aromatic heterocycles. The van der Waals surface area contributed by atoms with Crippen molar-refractivity contribution < 1.29 is 14.3 Å². The smallest absolute Gasteiger partial charge is 0.244 e. The lowest BCUT2D eigenvalue weighted by molar-refractivity contribution is -0.124. The molecule has 2 heterocycles. The minimum atomic E-state index is -0.360. The van der Waals surface area contributed by atoms with E-state index in [4.69, 9.17) is 9.47 Å². The van der Waals surface area contributed by atoms with Crippen LogP contribution in [0.1, 0.15) is 37.9 Å².